The van der Waals surface area contributed by atoms with Crippen LogP contribution in [0.3, 0.4) is 0 Å². The van der Waals surface area contributed by atoms with Gasteiger partial charge in [0.15, 0.2) is 12.4 Å². The molecule has 154 valence electrons. The lowest BCUT2D eigenvalue weighted by atomic mass is 10.0. The number of hydrogen-bond donors (Lipinski definition) is 6. The summed E-state index contributed by atoms with van der Waals surface area (Å²) in [7, 11) is -5.08. The Morgan fingerprint density at radius 1 is 1.08 bits per heavy atom. The highest BCUT2D eigenvalue weighted by Crippen LogP contribution is 2.31. The average Bonchev–Trinajstić information content (AvgIpc) is 2.88. The summed E-state index contributed by atoms with van der Waals surface area (Å²) in [5, 5.41) is 50.0. The normalized spacial score (nSPS) is 44.3. The Hall–Kier alpha value is -0.490. The molecular formula is C12H22NO12S-. The van der Waals surface area contributed by atoms with E-state index in [4.69, 9.17) is 18.8 Å². The van der Waals surface area contributed by atoms with Gasteiger partial charge in [0.25, 0.3) is 0 Å². The third kappa shape index (κ3) is 4.67. The molecule has 9 unspecified atom stereocenters. The quantitative estimate of drug-likeness (QED) is 0.181. The molecule has 0 spiro atoms. The van der Waals surface area contributed by atoms with E-state index in [1.807, 2.05) is 0 Å². The van der Waals surface area contributed by atoms with Crippen LogP contribution in [0.2, 0.25) is 0 Å². The fourth-order valence-corrected chi connectivity index (χ4v) is 3.39. The summed E-state index contributed by atoms with van der Waals surface area (Å²) >= 11 is 0. The van der Waals surface area contributed by atoms with Crippen LogP contribution in [-0.4, -0.2) is 95.2 Å². The summed E-state index contributed by atoms with van der Waals surface area (Å²) in [6, 6.07) is 0. The second-order valence-corrected chi connectivity index (χ2v) is 6.96. The molecule has 0 aromatic carbocycles. The molecule has 0 aliphatic carbocycles. The van der Waals surface area contributed by atoms with Crippen molar-refractivity contribution in [2.24, 2.45) is 0 Å². The van der Waals surface area contributed by atoms with Gasteiger partial charge >= 0.3 is 10.4 Å². The molecule has 6 N–H and O–H groups in total. The Bertz CT molecular complexity index is 558. The zero-order valence-corrected chi connectivity index (χ0v) is 14.4. The van der Waals surface area contributed by atoms with Gasteiger partial charge in [-0.15, -0.1) is 0 Å². The Kier molecular flexibility index (Phi) is 7.28. The van der Waals surface area contributed by atoms with Gasteiger partial charge in [0.05, 0.1) is 12.7 Å². The number of aliphatic hydroxyl groups excluding tert-OH is 4. The Labute approximate surface area is 149 Å². The smallest absolute Gasteiger partial charge is 0.397 e. The van der Waals surface area contributed by atoms with Crippen LogP contribution in [0.1, 0.15) is 13.3 Å². The van der Waals surface area contributed by atoms with Crippen LogP contribution >= 0.6 is 0 Å². The maximum absolute atomic E-state index is 11.0. The molecule has 0 aromatic heterocycles. The summed E-state index contributed by atoms with van der Waals surface area (Å²) in [4.78, 5) is 0. The molecule has 2 fully saturated rings. The summed E-state index contributed by atoms with van der Waals surface area (Å²) in [6.07, 6.45) is -13.1. The molecule has 0 radical (unpaired) electrons. The summed E-state index contributed by atoms with van der Waals surface area (Å²) in [5.74, 6) is 0. The lowest BCUT2D eigenvalue weighted by molar-refractivity contribution is -0.312. The molecule has 26 heavy (non-hydrogen) atoms. The molecule has 2 saturated heterocycles. The average molecular weight is 404 g/mol. The molecule has 2 aliphatic heterocycles. The molecule has 0 aromatic rings. The molecule has 0 bridgehead atoms. The van der Waals surface area contributed by atoms with Crippen molar-refractivity contribution in [3.63, 3.8) is 0 Å². The van der Waals surface area contributed by atoms with Gasteiger partial charge in [0.2, 0.25) is 0 Å². The van der Waals surface area contributed by atoms with Crippen molar-refractivity contribution < 1.29 is 51.8 Å². The zero-order chi connectivity index (χ0) is 19.6. The van der Waals surface area contributed by atoms with E-state index in [-0.39, 0.29) is 0 Å². The molecule has 2 rings (SSSR count). The van der Waals surface area contributed by atoms with Crippen molar-refractivity contribution in [3.8, 4) is 0 Å². The predicted molar refractivity (Wildman–Crippen MR) is 80.5 cm³/mol. The van der Waals surface area contributed by atoms with Gasteiger partial charge in [-0.05, 0) is 6.42 Å². The SMILES string of the molecule is CCC1OC(CO)C(O)C1OC1OC(N[O-])C(O)C(O)C1OS(=O)(=O)O. The molecule has 0 amide bonds. The molecule has 9 atom stereocenters. The highest BCUT2D eigenvalue weighted by molar-refractivity contribution is 7.80. The van der Waals surface area contributed by atoms with Crippen molar-refractivity contribution in [2.75, 3.05) is 6.61 Å². The van der Waals surface area contributed by atoms with E-state index in [2.05, 4.69) is 4.18 Å². The second-order valence-electron chi connectivity index (χ2n) is 5.91. The van der Waals surface area contributed by atoms with Crippen molar-refractivity contribution in [2.45, 2.75) is 68.6 Å². The van der Waals surface area contributed by atoms with Gasteiger partial charge in [-0.3, -0.25) is 4.55 Å². The summed E-state index contributed by atoms with van der Waals surface area (Å²) in [6.45, 7) is 1.18. The number of hydroxylamine groups is 1. The second kappa shape index (κ2) is 8.68. The Morgan fingerprint density at radius 2 is 1.73 bits per heavy atom. The van der Waals surface area contributed by atoms with Crippen LogP contribution in [0, 0.1) is 5.21 Å². The summed E-state index contributed by atoms with van der Waals surface area (Å²) in [5.41, 5.74) is 1.32. The minimum Gasteiger partial charge on any atom is -0.786 e. The van der Waals surface area contributed by atoms with E-state index in [0.717, 1.165) is 0 Å². The van der Waals surface area contributed by atoms with E-state index in [1.54, 1.807) is 6.92 Å². The largest absolute Gasteiger partial charge is 0.786 e. The van der Waals surface area contributed by atoms with E-state index < -0.39 is 72.3 Å². The standard InChI is InChI=1S/C12H22NO12S/c1-2-4-9(6(15)5(3-14)22-4)23-12-10(25-26(19,20)21)7(16)8(17)11(13-18)24-12/h4-17H,2-3H2,1H3,(H,19,20,21)/q-1. The van der Waals surface area contributed by atoms with Crippen LogP contribution < -0.4 is 5.48 Å². The molecule has 13 nitrogen and oxygen atoms in total. The highest BCUT2D eigenvalue weighted by atomic mass is 32.3. The van der Waals surface area contributed by atoms with Gasteiger partial charge in [-0.1, -0.05) is 6.92 Å². The number of rotatable bonds is 7. The number of aliphatic hydroxyl groups is 4. The van der Waals surface area contributed by atoms with Crippen LogP contribution in [-0.2, 0) is 28.8 Å². The molecule has 2 heterocycles. The van der Waals surface area contributed by atoms with Gasteiger partial charge in [-0.25, -0.2) is 4.18 Å². The first kappa shape index (κ1) is 21.8. The third-order valence-electron chi connectivity index (χ3n) is 4.20. The van der Waals surface area contributed by atoms with E-state index in [1.165, 1.54) is 5.48 Å². The molecule has 0 saturated carbocycles. The zero-order valence-electron chi connectivity index (χ0n) is 13.6. The minimum absolute atomic E-state index is 0.336. The van der Waals surface area contributed by atoms with Gasteiger partial charge in [0, 0.05) is 0 Å². The first-order valence-corrected chi connectivity index (χ1v) is 9.14. The highest BCUT2D eigenvalue weighted by Gasteiger charge is 2.51. The number of hydrogen-bond acceptors (Lipinski definition) is 12. The minimum atomic E-state index is -5.08. The number of ether oxygens (including phenoxy) is 3. The van der Waals surface area contributed by atoms with E-state index >= 15 is 0 Å². The van der Waals surface area contributed by atoms with Crippen LogP contribution in [0.5, 0.6) is 0 Å². The van der Waals surface area contributed by atoms with Gasteiger partial charge < -0.3 is 45.3 Å². The Balaban J connectivity index is 2.24. The van der Waals surface area contributed by atoms with E-state index in [0.29, 0.717) is 6.42 Å². The third-order valence-corrected chi connectivity index (χ3v) is 4.67. The maximum atomic E-state index is 11.0. The topological polar surface area (TPSA) is 207 Å². The van der Waals surface area contributed by atoms with Gasteiger partial charge in [0.1, 0.15) is 36.7 Å². The maximum Gasteiger partial charge on any atom is 0.397 e. The first-order valence-electron chi connectivity index (χ1n) is 7.77. The number of nitrogens with one attached hydrogen (secondary N) is 1. The predicted octanol–water partition coefficient (Wildman–Crippen LogP) is -3.42. The van der Waals surface area contributed by atoms with Gasteiger partial charge in [-0.2, -0.15) is 8.42 Å². The van der Waals surface area contributed by atoms with Crippen LogP contribution in [0.15, 0.2) is 0 Å². The van der Waals surface area contributed by atoms with Crippen LogP contribution in [0.25, 0.3) is 0 Å². The van der Waals surface area contributed by atoms with Crippen LogP contribution in [0.4, 0.5) is 0 Å². The monoisotopic (exact) mass is 404 g/mol. The molecule has 14 heteroatoms. The molecular weight excluding hydrogens is 382 g/mol. The fourth-order valence-electron chi connectivity index (χ4n) is 2.90. The summed E-state index contributed by atoms with van der Waals surface area (Å²) < 4.78 is 51.1. The van der Waals surface area contributed by atoms with Crippen molar-refractivity contribution in [3.05, 3.63) is 5.21 Å². The fraction of sp³-hybridized carbons (Fsp3) is 1.00. The Morgan fingerprint density at radius 3 is 2.23 bits per heavy atom. The molecule has 2 aliphatic rings. The van der Waals surface area contributed by atoms with Crippen molar-refractivity contribution in [1.29, 1.82) is 0 Å². The van der Waals surface area contributed by atoms with E-state index in [9.17, 15) is 34.1 Å². The van der Waals surface area contributed by atoms with Crippen molar-refractivity contribution in [1.82, 2.24) is 5.48 Å². The lowest BCUT2D eigenvalue weighted by Gasteiger charge is -2.43. The first-order chi connectivity index (χ1) is 12.1. The lowest BCUT2D eigenvalue weighted by Crippen LogP contribution is -2.63. The van der Waals surface area contributed by atoms with Crippen molar-refractivity contribution >= 4 is 10.4 Å².